The molecule has 1 aliphatic carbocycles. The van der Waals surface area contributed by atoms with Gasteiger partial charge in [0.2, 0.25) is 17.7 Å². The fraction of sp³-hybridized carbons (Fsp3) is 0.576. The molecule has 252 valence electrons. The normalized spacial score (nSPS) is 17.9. The Balaban J connectivity index is 1.50. The van der Waals surface area contributed by atoms with E-state index in [-0.39, 0.29) is 30.3 Å². The SMILES string of the molecule is CCC(=O)N[C@H](Cc1ccc(NC(=O)[C@@H](NC(=O)C(F)(F)c2csc(C)c2)C2CCCCCC2)c(F)c1)C(=O)N1CCN(C)CC1. The lowest BCUT2D eigenvalue weighted by Crippen LogP contribution is -2.54. The summed E-state index contributed by atoms with van der Waals surface area (Å²) in [4.78, 5) is 56.4. The van der Waals surface area contributed by atoms with Crippen LogP contribution in [0.2, 0.25) is 0 Å². The standard InChI is InChI=1S/C33H44F3N5O4S/c1-4-28(42)37-27(31(44)41-15-13-40(3)14-16-41)19-22-11-12-26(25(34)18-22)38-30(43)29(23-9-7-5-6-8-10-23)39-32(45)33(35,36)24-17-21(2)46-20-24/h11-12,17-18,20,23,27,29H,4-10,13-16,19H2,1-3H3,(H,37,42)(H,38,43)(H,39,45)/t27-,29+/m1/s1. The number of carbonyl (C=O) groups is 4. The van der Waals surface area contributed by atoms with Crippen LogP contribution in [0.5, 0.6) is 0 Å². The van der Waals surface area contributed by atoms with Gasteiger partial charge >= 0.3 is 5.92 Å². The summed E-state index contributed by atoms with van der Waals surface area (Å²) in [5.41, 5.74) is -0.186. The molecule has 1 saturated carbocycles. The van der Waals surface area contributed by atoms with E-state index in [0.717, 1.165) is 37.0 Å². The Hall–Kier alpha value is -3.45. The van der Waals surface area contributed by atoms with E-state index >= 15 is 13.2 Å². The van der Waals surface area contributed by atoms with E-state index in [2.05, 4.69) is 20.9 Å². The summed E-state index contributed by atoms with van der Waals surface area (Å²) in [5.74, 6) is -7.92. The van der Waals surface area contributed by atoms with Crippen molar-refractivity contribution < 1.29 is 32.3 Å². The van der Waals surface area contributed by atoms with Crippen molar-refractivity contribution in [3.63, 3.8) is 0 Å². The fourth-order valence-electron chi connectivity index (χ4n) is 5.99. The summed E-state index contributed by atoms with van der Waals surface area (Å²) < 4.78 is 45.7. The number of anilines is 1. The predicted octanol–water partition coefficient (Wildman–Crippen LogP) is 4.59. The van der Waals surface area contributed by atoms with Crippen molar-refractivity contribution >= 4 is 40.7 Å². The molecule has 2 heterocycles. The smallest absolute Gasteiger partial charge is 0.344 e. The first-order chi connectivity index (χ1) is 21.9. The predicted molar refractivity (Wildman–Crippen MR) is 171 cm³/mol. The lowest BCUT2D eigenvalue weighted by atomic mass is 9.90. The molecule has 2 aromatic rings. The number of likely N-dealkylation sites (N-methyl/N-ethyl adjacent to an activating group) is 1. The van der Waals surface area contributed by atoms with Crippen LogP contribution >= 0.6 is 11.3 Å². The molecule has 2 aliphatic rings. The molecule has 1 aromatic carbocycles. The minimum atomic E-state index is -3.84. The number of benzene rings is 1. The highest BCUT2D eigenvalue weighted by atomic mass is 32.1. The lowest BCUT2D eigenvalue weighted by Gasteiger charge is -2.34. The topological polar surface area (TPSA) is 111 Å². The highest BCUT2D eigenvalue weighted by Crippen LogP contribution is 2.33. The highest BCUT2D eigenvalue weighted by Gasteiger charge is 2.44. The van der Waals surface area contributed by atoms with Gasteiger partial charge in [-0.2, -0.15) is 8.78 Å². The van der Waals surface area contributed by atoms with Crippen LogP contribution in [0.1, 0.15) is 67.9 Å². The van der Waals surface area contributed by atoms with E-state index in [1.54, 1.807) is 24.8 Å². The Kier molecular flexibility index (Phi) is 12.2. The molecule has 2 atom stereocenters. The zero-order chi connectivity index (χ0) is 33.4. The molecule has 4 rings (SSSR count). The Labute approximate surface area is 272 Å². The summed E-state index contributed by atoms with van der Waals surface area (Å²) in [6, 6.07) is 3.15. The van der Waals surface area contributed by atoms with Gasteiger partial charge in [0.05, 0.1) is 5.69 Å². The van der Waals surface area contributed by atoms with Gasteiger partial charge in [0, 0.05) is 54.8 Å². The molecule has 1 saturated heterocycles. The summed E-state index contributed by atoms with van der Waals surface area (Å²) in [6.45, 7) is 5.79. The summed E-state index contributed by atoms with van der Waals surface area (Å²) >= 11 is 1.10. The molecule has 0 spiro atoms. The second-order valence-electron chi connectivity index (χ2n) is 12.3. The van der Waals surface area contributed by atoms with Crippen molar-refractivity contribution in [2.75, 3.05) is 38.5 Å². The fourth-order valence-corrected chi connectivity index (χ4v) is 6.71. The van der Waals surface area contributed by atoms with Crippen molar-refractivity contribution in [3.8, 4) is 0 Å². The van der Waals surface area contributed by atoms with Crippen LogP contribution in [-0.2, 0) is 31.5 Å². The third-order valence-electron chi connectivity index (χ3n) is 8.82. The van der Waals surface area contributed by atoms with Crippen LogP contribution < -0.4 is 16.0 Å². The quantitative estimate of drug-likeness (QED) is 0.305. The third-order valence-corrected chi connectivity index (χ3v) is 9.68. The van der Waals surface area contributed by atoms with E-state index in [9.17, 15) is 19.2 Å². The van der Waals surface area contributed by atoms with Gasteiger partial charge in [0.1, 0.15) is 17.9 Å². The molecule has 3 N–H and O–H groups in total. The number of aryl methyl sites for hydroxylation is 1. The monoisotopic (exact) mass is 663 g/mol. The maximum atomic E-state index is 15.4. The minimum Gasteiger partial charge on any atom is -0.344 e. The van der Waals surface area contributed by atoms with Crippen molar-refractivity contribution in [2.24, 2.45) is 5.92 Å². The number of nitrogens with one attached hydrogen (secondary N) is 3. The Morgan fingerprint density at radius 1 is 1.00 bits per heavy atom. The second-order valence-corrected chi connectivity index (χ2v) is 13.4. The van der Waals surface area contributed by atoms with Gasteiger partial charge in [-0.05, 0) is 56.5 Å². The van der Waals surface area contributed by atoms with Gasteiger partial charge in [-0.1, -0.05) is 38.7 Å². The zero-order valence-electron chi connectivity index (χ0n) is 26.7. The Morgan fingerprint density at radius 2 is 1.67 bits per heavy atom. The lowest BCUT2D eigenvalue weighted by molar-refractivity contribution is -0.149. The third kappa shape index (κ3) is 9.09. The van der Waals surface area contributed by atoms with Gasteiger partial charge in [-0.3, -0.25) is 19.2 Å². The number of hydrogen-bond donors (Lipinski definition) is 3. The number of rotatable bonds is 11. The van der Waals surface area contributed by atoms with Crippen molar-refractivity contribution in [1.82, 2.24) is 20.4 Å². The van der Waals surface area contributed by atoms with Crippen LogP contribution in [0.25, 0.3) is 0 Å². The van der Waals surface area contributed by atoms with Crippen LogP contribution in [0.15, 0.2) is 29.6 Å². The first kappa shape index (κ1) is 35.4. The maximum absolute atomic E-state index is 15.4. The van der Waals surface area contributed by atoms with Crippen molar-refractivity contribution in [1.29, 1.82) is 0 Å². The highest BCUT2D eigenvalue weighted by molar-refractivity contribution is 7.10. The van der Waals surface area contributed by atoms with Gasteiger partial charge < -0.3 is 25.8 Å². The van der Waals surface area contributed by atoms with Crippen LogP contribution in [0.4, 0.5) is 18.9 Å². The number of halogens is 3. The molecule has 46 heavy (non-hydrogen) atoms. The summed E-state index contributed by atoms with van der Waals surface area (Å²) in [7, 11) is 1.97. The van der Waals surface area contributed by atoms with Crippen LogP contribution in [0.3, 0.4) is 0 Å². The Bertz CT molecular complexity index is 1390. The van der Waals surface area contributed by atoms with Gasteiger partial charge in [-0.15, -0.1) is 11.3 Å². The number of amides is 4. The van der Waals surface area contributed by atoms with E-state index < -0.39 is 47.1 Å². The van der Waals surface area contributed by atoms with Gasteiger partial charge in [-0.25, -0.2) is 4.39 Å². The molecule has 4 amide bonds. The first-order valence-electron chi connectivity index (χ1n) is 16.0. The molecular weight excluding hydrogens is 619 g/mol. The summed E-state index contributed by atoms with van der Waals surface area (Å²) in [6.07, 6.45) is 4.81. The van der Waals surface area contributed by atoms with E-state index in [4.69, 9.17) is 0 Å². The Morgan fingerprint density at radius 3 is 2.26 bits per heavy atom. The average molecular weight is 664 g/mol. The van der Waals surface area contributed by atoms with Crippen LogP contribution in [0, 0.1) is 18.7 Å². The van der Waals surface area contributed by atoms with Crippen molar-refractivity contribution in [2.45, 2.75) is 83.2 Å². The minimum absolute atomic E-state index is 0.0416. The number of nitrogens with zero attached hydrogens (tertiary/aromatic N) is 2. The number of thiophene rings is 1. The van der Waals surface area contributed by atoms with Crippen molar-refractivity contribution in [3.05, 3.63) is 51.5 Å². The molecule has 13 heteroatoms. The first-order valence-corrected chi connectivity index (χ1v) is 16.9. The van der Waals surface area contributed by atoms with Gasteiger partial charge in [0.25, 0.3) is 5.91 Å². The number of alkyl halides is 2. The zero-order valence-corrected chi connectivity index (χ0v) is 27.5. The summed E-state index contributed by atoms with van der Waals surface area (Å²) in [5, 5.41) is 8.79. The van der Waals surface area contributed by atoms with E-state index in [1.165, 1.54) is 23.6 Å². The molecule has 0 unspecified atom stereocenters. The van der Waals surface area contributed by atoms with Crippen LogP contribution in [-0.4, -0.2) is 78.7 Å². The molecule has 1 aromatic heterocycles. The number of carbonyl (C=O) groups excluding carboxylic acids is 4. The number of piperazine rings is 1. The van der Waals surface area contributed by atoms with Gasteiger partial charge in [0.15, 0.2) is 0 Å². The second kappa shape index (κ2) is 15.9. The number of hydrogen-bond acceptors (Lipinski definition) is 6. The molecule has 0 bridgehead atoms. The van der Waals surface area contributed by atoms with E-state index in [0.29, 0.717) is 49.5 Å². The molecule has 9 nitrogen and oxygen atoms in total. The van der Waals surface area contributed by atoms with E-state index in [1.807, 2.05) is 7.05 Å². The maximum Gasteiger partial charge on any atom is 0.350 e. The molecular formula is C33H44F3N5O4S. The molecule has 0 radical (unpaired) electrons. The molecule has 2 fully saturated rings. The largest absolute Gasteiger partial charge is 0.350 e. The average Bonchev–Trinajstić information content (AvgIpc) is 3.30. The molecule has 1 aliphatic heterocycles.